The zero-order valence-corrected chi connectivity index (χ0v) is 8.55. The lowest BCUT2D eigenvalue weighted by molar-refractivity contribution is 0.180. The number of halogens is 3. The summed E-state index contributed by atoms with van der Waals surface area (Å²) in [5.74, 6) is -4.30. The van der Waals surface area contributed by atoms with Crippen LogP contribution < -0.4 is 10.5 Å². The van der Waals surface area contributed by atoms with Gasteiger partial charge in [-0.1, -0.05) is 0 Å². The molecule has 16 heavy (non-hydrogen) atoms. The summed E-state index contributed by atoms with van der Waals surface area (Å²) in [6.07, 6.45) is 2.09. The third kappa shape index (κ3) is 2.00. The van der Waals surface area contributed by atoms with E-state index in [9.17, 15) is 13.2 Å². The number of rotatable bonds is 2. The zero-order valence-electron chi connectivity index (χ0n) is 8.55. The van der Waals surface area contributed by atoms with Crippen molar-refractivity contribution < 1.29 is 17.9 Å². The van der Waals surface area contributed by atoms with E-state index in [1.54, 1.807) is 0 Å². The molecule has 0 heterocycles. The van der Waals surface area contributed by atoms with E-state index in [1.807, 2.05) is 0 Å². The van der Waals surface area contributed by atoms with Gasteiger partial charge in [0, 0.05) is 6.04 Å². The molecule has 2 unspecified atom stereocenters. The van der Waals surface area contributed by atoms with Crippen molar-refractivity contribution in [2.45, 2.75) is 31.4 Å². The second kappa shape index (κ2) is 4.33. The molecule has 0 amide bonds. The van der Waals surface area contributed by atoms with Crippen molar-refractivity contribution >= 4 is 0 Å². The topological polar surface area (TPSA) is 35.2 Å². The molecule has 88 valence electrons. The van der Waals surface area contributed by atoms with Gasteiger partial charge < -0.3 is 10.5 Å². The van der Waals surface area contributed by atoms with E-state index in [1.165, 1.54) is 0 Å². The molecule has 0 radical (unpaired) electrons. The molecule has 1 aliphatic carbocycles. The zero-order chi connectivity index (χ0) is 11.7. The van der Waals surface area contributed by atoms with Gasteiger partial charge in [-0.15, -0.1) is 0 Å². The summed E-state index contributed by atoms with van der Waals surface area (Å²) in [5.41, 5.74) is 5.73. The molecular formula is C11H12F3NO. The average Bonchev–Trinajstić information content (AvgIpc) is 2.65. The van der Waals surface area contributed by atoms with Crippen LogP contribution in [0.4, 0.5) is 13.2 Å². The van der Waals surface area contributed by atoms with Crippen molar-refractivity contribution in [3.8, 4) is 5.75 Å². The van der Waals surface area contributed by atoms with Crippen molar-refractivity contribution in [2.24, 2.45) is 5.73 Å². The molecule has 2 N–H and O–H groups in total. The highest BCUT2D eigenvalue weighted by Gasteiger charge is 2.27. The Bertz CT molecular complexity index is 397. The van der Waals surface area contributed by atoms with Gasteiger partial charge in [0.15, 0.2) is 17.4 Å². The fourth-order valence-electron chi connectivity index (χ4n) is 1.86. The van der Waals surface area contributed by atoms with Crippen molar-refractivity contribution in [3.05, 3.63) is 29.6 Å². The van der Waals surface area contributed by atoms with Crippen molar-refractivity contribution in [2.75, 3.05) is 0 Å². The monoisotopic (exact) mass is 231 g/mol. The molecular weight excluding hydrogens is 219 g/mol. The van der Waals surface area contributed by atoms with Gasteiger partial charge in [-0.25, -0.2) is 8.78 Å². The lowest BCUT2D eigenvalue weighted by atomic mass is 10.2. The fourth-order valence-corrected chi connectivity index (χ4v) is 1.86. The minimum absolute atomic E-state index is 0.174. The van der Waals surface area contributed by atoms with Gasteiger partial charge >= 0.3 is 0 Å². The average molecular weight is 231 g/mol. The van der Waals surface area contributed by atoms with Crippen LogP contribution in [0.1, 0.15) is 19.3 Å². The fraction of sp³-hybridized carbons (Fsp3) is 0.455. The molecule has 0 aliphatic heterocycles. The van der Waals surface area contributed by atoms with E-state index < -0.39 is 17.5 Å². The van der Waals surface area contributed by atoms with Gasteiger partial charge in [0.2, 0.25) is 5.82 Å². The van der Waals surface area contributed by atoms with Crippen molar-refractivity contribution in [1.29, 1.82) is 0 Å². The Morgan fingerprint density at radius 1 is 1.12 bits per heavy atom. The summed E-state index contributed by atoms with van der Waals surface area (Å²) >= 11 is 0. The van der Waals surface area contributed by atoms with E-state index >= 15 is 0 Å². The molecule has 0 saturated heterocycles. The van der Waals surface area contributed by atoms with E-state index in [2.05, 4.69) is 0 Å². The molecule has 2 atom stereocenters. The standard InChI is InChI=1S/C11H12F3NO/c12-6-4-5-9(11(14)10(6)13)16-8-3-1-2-7(8)15/h4-5,7-8H,1-3,15H2. The lowest BCUT2D eigenvalue weighted by Crippen LogP contribution is -2.33. The van der Waals surface area contributed by atoms with E-state index in [0.717, 1.165) is 25.0 Å². The molecule has 0 spiro atoms. The lowest BCUT2D eigenvalue weighted by Gasteiger charge is -2.18. The molecule has 1 aliphatic rings. The first-order chi connectivity index (χ1) is 7.59. The maximum absolute atomic E-state index is 13.3. The number of hydrogen-bond acceptors (Lipinski definition) is 2. The highest BCUT2D eigenvalue weighted by atomic mass is 19.2. The first-order valence-corrected chi connectivity index (χ1v) is 5.15. The third-order valence-electron chi connectivity index (χ3n) is 2.78. The summed E-state index contributed by atoms with van der Waals surface area (Å²) < 4.78 is 44.1. The van der Waals surface area contributed by atoms with Crippen LogP contribution in [0, 0.1) is 17.5 Å². The summed E-state index contributed by atoms with van der Waals surface area (Å²) in [6.45, 7) is 0. The largest absolute Gasteiger partial charge is 0.486 e. The molecule has 5 heteroatoms. The van der Waals surface area contributed by atoms with Gasteiger partial charge in [0.25, 0.3) is 0 Å². The van der Waals surface area contributed by atoms with Gasteiger partial charge in [-0.3, -0.25) is 0 Å². The number of ether oxygens (including phenoxy) is 1. The smallest absolute Gasteiger partial charge is 0.203 e. The van der Waals surface area contributed by atoms with Crippen LogP contribution in [0.3, 0.4) is 0 Å². The highest BCUT2D eigenvalue weighted by molar-refractivity contribution is 5.26. The second-order valence-corrected chi connectivity index (χ2v) is 3.92. The highest BCUT2D eigenvalue weighted by Crippen LogP contribution is 2.27. The van der Waals surface area contributed by atoms with E-state index in [0.29, 0.717) is 6.42 Å². The summed E-state index contributed by atoms with van der Waals surface area (Å²) in [6, 6.07) is 1.75. The van der Waals surface area contributed by atoms with E-state index in [4.69, 9.17) is 10.5 Å². The maximum Gasteiger partial charge on any atom is 0.203 e. The normalized spacial score (nSPS) is 24.8. The summed E-state index contributed by atoms with van der Waals surface area (Å²) in [5, 5.41) is 0. The van der Waals surface area contributed by atoms with Crippen LogP contribution in [0.5, 0.6) is 5.75 Å². The van der Waals surface area contributed by atoms with Crippen molar-refractivity contribution in [1.82, 2.24) is 0 Å². The Morgan fingerprint density at radius 2 is 1.88 bits per heavy atom. The SMILES string of the molecule is NC1CCCC1Oc1ccc(F)c(F)c1F. The molecule has 1 saturated carbocycles. The van der Waals surface area contributed by atoms with Crippen LogP contribution >= 0.6 is 0 Å². The molecule has 1 fully saturated rings. The quantitative estimate of drug-likeness (QED) is 0.793. The van der Waals surface area contributed by atoms with Crippen LogP contribution in [0.2, 0.25) is 0 Å². The molecule has 0 bridgehead atoms. The first kappa shape index (κ1) is 11.3. The van der Waals surface area contributed by atoms with Gasteiger partial charge in [0.05, 0.1) is 0 Å². The Labute approximate surface area is 91.2 Å². The molecule has 2 nitrogen and oxygen atoms in total. The minimum atomic E-state index is -1.51. The Morgan fingerprint density at radius 3 is 2.50 bits per heavy atom. The summed E-state index contributed by atoms with van der Waals surface area (Å²) in [7, 11) is 0. The van der Waals surface area contributed by atoms with Crippen LogP contribution in [0.15, 0.2) is 12.1 Å². The van der Waals surface area contributed by atoms with Crippen LogP contribution in [-0.2, 0) is 0 Å². The van der Waals surface area contributed by atoms with E-state index in [-0.39, 0.29) is 17.9 Å². The Kier molecular flexibility index (Phi) is 3.05. The van der Waals surface area contributed by atoms with Gasteiger partial charge in [-0.2, -0.15) is 4.39 Å². The van der Waals surface area contributed by atoms with Gasteiger partial charge in [-0.05, 0) is 31.4 Å². The summed E-state index contributed by atoms with van der Waals surface area (Å²) in [4.78, 5) is 0. The predicted molar refractivity (Wildman–Crippen MR) is 52.6 cm³/mol. The number of nitrogens with two attached hydrogens (primary N) is 1. The van der Waals surface area contributed by atoms with Crippen molar-refractivity contribution in [3.63, 3.8) is 0 Å². The van der Waals surface area contributed by atoms with Gasteiger partial charge in [0.1, 0.15) is 6.10 Å². The third-order valence-corrected chi connectivity index (χ3v) is 2.78. The first-order valence-electron chi connectivity index (χ1n) is 5.15. The maximum atomic E-state index is 13.3. The Hall–Kier alpha value is -1.23. The number of hydrogen-bond donors (Lipinski definition) is 1. The molecule has 2 rings (SSSR count). The molecule has 0 aromatic heterocycles. The molecule has 1 aromatic rings. The molecule has 1 aromatic carbocycles. The Balaban J connectivity index is 2.18. The minimum Gasteiger partial charge on any atom is -0.486 e. The number of benzene rings is 1. The second-order valence-electron chi connectivity index (χ2n) is 3.92. The predicted octanol–water partition coefficient (Wildman–Crippen LogP) is 2.36. The van der Waals surface area contributed by atoms with Crippen LogP contribution in [0.25, 0.3) is 0 Å². The van der Waals surface area contributed by atoms with Crippen LogP contribution in [-0.4, -0.2) is 12.1 Å².